The van der Waals surface area contributed by atoms with Crippen molar-refractivity contribution < 1.29 is 9.59 Å². The molecular weight excluding hydrogens is 449 g/mol. The number of nitrogens with one attached hydrogen (secondary N) is 1. The second-order valence-electron chi connectivity index (χ2n) is 5.51. The molecule has 25 heavy (non-hydrogen) atoms. The predicted molar refractivity (Wildman–Crippen MR) is 110 cm³/mol. The lowest BCUT2D eigenvalue weighted by molar-refractivity contribution is -0.130. The van der Waals surface area contributed by atoms with Gasteiger partial charge in [-0.1, -0.05) is 29.8 Å². The molecule has 0 radical (unpaired) electrons. The van der Waals surface area contributed by atoms with Crippen LogP contribution in [0.5, 0.6) is 0 Å². The van der Waals surface area contributed by atoms with Crippen LogP contribution in [0.3, 0.4) is 0 Å². The molecule has 5 nitrogen and oxygen atoms in total. The molecule has 7 heteroatoms. The van der Waals surface area contributed by atoms with Gasteiger partial charge in [0.25, 0.3) is 5.91 Å². The average molecular weight is 463 g/mol. The molecule has 1 N–H and O–H groups in total. The highest BCUT2D eigenvalue weighted by Crippen LogP contribution is 2.23. The van der Waals surface area contributed by atoms with Crippen molar-refractivity contribution in [1.82, 2.24) is 5.32 Å². The van der Waals surface area contributed by atoms with Gasteiger partial charge < -0.3 is 5.32 Å². The van der Waals surface area contributed by atoms with Crippen LogP contribution in [-0.2, 0) is 9.59 Å². The van der Waals surface area contributed by atoms with E-state index in [1.807, 2.05) is 43.3 Å². The molecule has 0 bridgehead atoms. The molecule has 1 fully saturated rings. The highest BCUT2D eigenvalue weighted by molar-refractivity contribution is 14.1. The van der Waals surface area contributed by atoms with Crippen LogP contribution in [0.4, 0.5) is 11.4 Å². The lowest BCUT2D eigenvalue weighted by Gasteiger charge is -2.30. The number of aliphatic imine (C=N–C) groups is 1. The largest absolute Gasteiger partial charge is 0.301 e. The first-order chi connectivity index (χ1) is 12.0. The predicted octanol–water partition coefficient (Wildman–Crippen LogP) is 3.37. The molecule has 0 aliphatic carbocycles. The molecule has 1 aliphatic rings. The molecular formula is C18H14IN3O2S. The first-order valence-corrected chi connectivity index (χ1v) is 9.00. The summed E-state index contributed by atoms with van der Waals surface area (Å²) in [6, 6.07) is 14.8. The Hall–Kier alpha value is -2.13. The van der Waals surface area contributed by atoms with Gasteiger partial charge in [0, 0.05) is 9.78 Å². The third-order valence-electron chi connectivity index (χ3n) is 3.71. The number of halogens is 1. The summed E-state index contributed by atoms with van der Waals surface area (Å²) < 4.78 is 0.936. The number of carbonyl (C=O) groups is 2. The van der Waals surface area contributed by atoms with Crippen molar-refractivity contribution in [2.24, 2.45) is 10.9 Å². The highest BCUT2D eigenvalue weighted by Gasteiger charge is 2.38. The standard InChI is InChI=1S/C18H14IN3O2S/c1-11-6-8-12(9-7-11)22-17(24)13(16(23)21-18(22)25)10-20-15-5-3-2-4-14(15)19/h2-10,13H,1H3,(H,21,23,25)/t13-/m1/s1. The van der Waals surface area contributed by atoms with Gasteiger partial charge in [0.05, 0.1) is 11.4 Å². The van der Waals surface area contributed by atoms with E-state index in [0.717, 1.165) is 9.13 Å². The Balaban J connectivity index is 1.90. The van der Waals surface area contributed by atoms with Crippen LogP contribution in [0.15, 0.2) is 53.5 Å². The molecule has 0 aromatic heterocycles. The number of rotatable bonds is 3. The number of amides is 2. The van der Waals surface area contributed by atoms with Crippen LogP contribution in [0.1, 0.15) is 5.56 Å². The summed E-state index contributed by atoms with van der Waals surface area (Å²) in [5.41, 5.74) is 2.40. The molecule has 2 amide bonds. The molecule has 0 spiro atoms. The lowest BCUT2D eigenvalue weighted by atomic mass is 10.1. The number of hydrogen-bond donors (Lipinski definition) is 1. The summed E-state index contributed by atoms with van der Waals surface area (Å²) in [6.07, 6.45) is 1.37. The zero-order valence-corrected chi connectivity index (χ0v) is 16.2. The van der Waals surface area contributed by atoms with Gasteiger partial charge in [0.15, 0.2) is 11.0 Å². The molecule has 1 heterocycles. The molecule has 0 unspecified atom stereocenters. The SMILES string of the molecule is Cc1ccc(N2C(=O)[C@H](C=Nc3ccccc3I)C(=O)NC2=S)cc1. The van der Waals surface area contributed by atoms with Crippen molar-refractivity contribution in [2.45, 2.75) is 6.92 Å². The maximum atomic E-state index is 12.8. The first kappa shape index (κ1) is 17.7. The minimum atomic E-state index is -1.02. The molecule has 2 aromatic carbocycles. The number of hydrogen-bond acceptors (Lipinski definition) is 4. The van der Waals surface area contributed by atoms with Gasteiger partial charge in [-0.3, -0.25) is 19.5 Å². The van der Waals surface area contributed by atoms with Gasteiger partial charge in [-0.15, -0.1) is 0 Å². The second kappa shape index (κ2) is 7.40. The van der Waals surface area contributed by atoms with Crippen molar-refractivity contribution in [2.75, 3.05) is 4.90 Å². The lowest BCUT2D eigenvalue weighted by Crippen LogP contribution is -2.58. The summed E-state index contributed by atoms with van der Waals surface area (Å²) in [4.78, 5) is 30.7. The summed E-state index contributed by atoms with van der Waals surface area (Å²) in [7, 11) is 0. The number of carbonyl (C=O) groups excluding carboxylic acids is 2. The van der Waals surface area contributed by atoms with Crippen LogP contribution < -0.4 is 10.2 Å². The molecule has 2 aromatic rings. The fraction of sp³-hybridized carbons (Fsp3) is 0.111. The van der Waals surface area contributed by atoms with Crippen molar-refractivity contribution in [3.05, 3.63) is 57.7 Å². The summed E-state index contributed by atoms with van der Waals surface area (Å²) in [6.45, 7) is 1.96. The number of nitrogens with zero attached hydrogens (tertiary/aromatic N) is 2. The van der Waals surface area contributed by atoms with Crippen LogP contribution in [-0.4, -0.2) is 23.1 Å². The Labute approximate surface area is 164 Å². The maximum absolute atomic E-state index is 12.8. The first-order valence-electron chi connectivity index (χ1n) is 7.51. The van der Waals surface area contributed by atoms with Gasteiger partial charge in [0.2, 0.25) is 5.91 Å². The zero-order valence-electron chi connectivity index (χ0n) is 13.3. The quantitative estimate of drug-likeness (QED) is 0.329. The molecule has 1 saturated heterocycles. The third-order valence-corrected chi connectivity index (χ3v) is 4.91. The van der Waals surface area contributed by atoms with E-state index in [-0.39, 0.29) is 5.11 Å². The number of thiocarbonyl (C=S) groups is 1. The van der Waals surface area contributed by atoms with Crippen LogP contribution in [0, 0.1) is 16.4 Å². The second-order valence-corrected chi connectivity index (χ2v) is 7.06. The minimum absolute atomic E-state index is 0.0813. The summed E-state index contributed by atoms with van der Waals surface area (Å²) in [5.74, 6) is -1.90. The third kappa shape index (κ3) is 3.77. The van der Waals surface area contributed by atoms with Crippen LogP contribution >= 0.6 is 34.8 Å². The number of aryl methyl sites for hydroxylation is 1. The van der Waals surface area contributed by atoms with E-state index in [2.05, 4.69) is 32.9 Å². The van der Waals surface area contributed by atoms with Gasteiger partial charge in [-0.25, -0.2) is 0 Å². The monoisotopic (exact) mass is 463 g/mol. The van der Waals surface area contributed by atoms with E-state index in [1.165, 1.54) is 11.1 Å². The number of anilines is 1. The minimum Gasteiger partial charge on any atom is -0.301 e. The molecule has 3 rings (SSSR count). The van der Waals surface area contributed by atoms with E-state index >= 15 is 0 Å². The van der Waals surface area contributed by atoms with E-state index < -0.39 is 17.7 Å². The van der Waals surface area contributed by atoms with Gasteiger partial charge in [-0.2, -0.15) is 0 Å². The summed E-state index contributed by atoms with van der Waals surface area (Å²) in [5, 5.41) is 2.66. The van der Waals surface area contributed by atoms with Gasteiger partial charge in [-0.05, 0) is 66.0 Å². The maximum Gasteiger partial charge on any atom is 0.251 e. The van der Waals surface area contributed by atoms with Crippen molar-refractivity contribution >= 4 is 69.3 Å². The van der Waals surface area contributed by atoms with Crippen LogP contribution in [0.2, 0.25) is 0 Å². The highest BCUT2D eigenvalue weighted by atomic mass is 127. The molecule has 0 saturated carbocycles. The molecule has 1 aliphatic heterocycles. The molecule has 126 valence electrons. The molecule has 1 atom stereocenters. The number of benzene rings is 2. The normalized spacial score (nSPS) is 17.9. The van der Waals surface area contributed by atoms with Crippen molar-refractivity contribution in [3.63, 3.8) is 0 Å². The van der Waals surface area contributed by atoms with Gasteiger partial charge in [0.1, 0.15) is 0 Å². The van der Waals surface area contributed by atoms with Crippen molar-refractivity contribution in [1.29, 1.82) is 0 Å². The van der Waals surface area contributed by atoms with Crippen LogP contribution in [0.25, 0.3) is 0 Å². The Morgan fingerprint density at radius 3 is 2.52 bits per heavy atom. The summed E-state index contributed by atoms with van der Waals surface area (Å²) >= 11 is 7.33. The van der Waals surface area contributed by atoms with Gasteiger partial charge >= 0.3 is 0 Å². The topological polar surface area (TPSA) is 61.8 Å². The smallest absolute Gasteiger partial charge is 0.251 e. The van der Waals surface area contributed by atoms with Crippen molar-refractivity contribution in [3.8, 4) is 0 Å². The fourth-order valence-corrected chi connectivity index (χ4v) is 3.19. The van der Waals surface area contributed by atoms with E-state index in [0.29, 0.717) is 11.4 Å². The van der Waals surface area contributed by atoms with E-state index in [4.69, 9.17) is 12.2 Å². The Kier molecular flexibility index (Phi) is 5.24. The Morgan fingerprint density at radius 1 is 1.16 bits per heavy atom. The average Bonchev–Trinajstić information content (AvgIpc) is 2.57. The fourth-order valence-electron chi connectivity index (χ4n) is 2.37. The van der Waals surface area contributed by atoms with E-state index in [1.54, 1.807) is 12.1 Å². The van der Waals surface area contributed by atoms with E-state index in [9.17, 15) is 9.59 Å². The zero-order chi connectivity index (χ0) is 18.0. The number of para-hydroxylation sites is 1. The Bertz CT molecular complexity index is 880. The Morgan fingerprint density at radius 2 is 1.84 bits per heavy atom.